The molecular weight excluding hydrogens is 288 g/mol. The fourth-order valence-electron chi connectivity index (χ4n) is 1.75. The number of nitrogens with one attached hydrogen (secondary N) is 1. The highest BCUT2D eigenvalue weighted by atomic mass is 32.2. The fourth-order valence-corrected chi connectivity index (χ4v) is 2.75. The first kappa shape index (κ1) is 15.3. The summed E-state index contributed by atoms with van der Waals surface area (Å²) in [4.78, 5) is 6.00. The number of benzene rings is 1. The minimum absolute atomic E-state index is 0.106. The van der Waals surface area contributed by atoms with Gasteiger partial charge in [0, 0.05) is 32.5 Å². The maximum atomic E-state index is 12.3. The van der Waals surface area contributed by atoms with Crippen molar-refractivity contribution in [3.63, 3.8) is 0 Å². The number of nitrogens with two attached hydrogens (primary N) is 1. The minimum atomic E-state index is -3.65. The summed E-state index contributed by atoms with van der Waals surface area (Å²) in [5.74, 6) is 0. The summed E-state index contributed by atoms with van der Waals surface area (Å²) in [6, 6.07) is 10.3. The first-order valence-corrected chi connectivity index (χ1v) is 7.86. The summed E-state index contributed by atoms with van der Waals surface area (Å²) in [5.41, 5.74) is 7.50. The molecule has 0 fully saturated rings. The monoisotopic (exact) mass is 306 g/mol. The van der Waals surface area contributed by atoms with Gasteiger partial charge in [0.25, 0.3) is 10.0 Å². The van der Waals surface area contributed by atoms with E-state index in [1.807, 2.05) is 25.1 Å². The van der Waals surface area contributed by atoms with Crippen molar-refractivity contribution in [1.82, 2.24) is 4.98 Å². The normalized spacial score (nSPS) is 11.2. The maximum Gasteiger partial charge on any atom is 0.263 e. The molecule has 0 spiro atoms. The van der Waals surface area contributed by atoms with Gasteiger partial charge in [-0.1, -0.05) is 6.07 Å². The van der Waals surface area contributed by atoms with Crippen molar-refractivity contribution in [3.8, 4) is 0 Å². The number of aromatic nitrogens is 1. The van der Waals surface area contributed by atoms with Crippen molar-refractivity contribution < 1.29 is 8.42 Å². The lowest BCUT2D eigenvalue weighted by atomic mass is 10.3. The standard InChI is InChI=1S/C14H18N4O2S/c1-18(2)13-5-3-4-11(8-13)17-21(19,20)14-7-6-12(9-15)16-10-14/h3-8,10,17H,9,15H2,1-2H3. The van der Waals surface area contributed by atoms with Gasteiger partial charge in [0.2, 0.25) is 0 Å². The third kappa shape index (κ3) is 3.71. The van der Waals surface area contributed by atoms with Crippen LogP contribution in [0.5, 0.6) is 0 Å². The summed E-state index contributed by atoms with van der Waals surface area (Å²) < 4.78 is 27.1. The van der Waals surface area contributed by atoms with Crippen molar-refractivity contribution in [2.75, 3.05) is 23.7 Å². The lowest BCUT2D eigenvalue weighted by Crippen LogP contribution is -2.14. The van der Waals surface area contributed by atoms with Crippen LogP contribution >= 0.6 is 0 Å². The second-order valence-electron chi connectivity index (χ2n) is 4.74. The third-order valence-corrected chi connectivity index (χ3v) is 4.30. The zero-order valence-corrected chi connectivity index (χ0v) is 12.8. The molecule has 0 aliphatic rings. The van der Waals surface area contributed by atoms with E-state index >= 15 is 0 Å². The van der Waals surface area contributed by atoms with E-state index in [1.54, 1.807) is 24.3 Å². The van der Waals surface area contributed by atoms with Crippen LogP contribution < -0.4 is 15.4 Å². The third-order valence-electron chi connectivity index (χ3n) is 2.93. The van der Waals surface area contributed by atoms with E-state index in [9.17, 15) is 8.42 Å². The van der Waals surface area contributed by atoms with Gasteiger partial charge in [0.15, 0.2) is 0 Å². The van der Waals surface area contributed by atoms with Crippen LogP contribution in [0.15, 0.2) is 47.5 Å². The number of hydrogen-bond acceptors (Lipinski definition) is 5. The molecule has 0 radical (unpaired) electrons. The molecule has 3 N–H and O–H groups in total. The highest BCUT2D eigenvalue weighted by Gasteiger charge is 2.15. The molecule has 0 saturated heterocycles. The molecule has 6 nitrogen and oxygen atoms in total. The Hall–Kier alpha value is -2.12. The second-order valence-corrected chi connectivity index (χ2v) is 6.42. The van der Waals surface area contributed by atoms with Crippen LogP contribution in [0.25, 0.3) is 0 Å². The van der Waals surface area contributed by atoms with E-state index < -0.39 is 10.0 Å². The summed E-state index contributed by atoms with van der Waals surface area (Å²) in [7, 11) is 0.131. The van der Waals surface area contributed by atoms with Crippen LogP contribution in [0.3, 0.4) is 0 Å². The highest BCUT2D eigenvalue weighted by Crippen LogP contribution is 2.20. The number of anilines is 2. The molecule has 7 heteroatoms. The molecule has 112 valence electrons. The Morgan fingerprint density at radius 2 is 2.00 bits per heavy atom. The Balaban J connectivity index is 2.26. The van der Waals surface area contributed by atoms with Gasteiger partial charge in [-0.05, 0) is 30.3 Å². The molecule has 1 heterocycles. The Kier molecular flexibility index (Phi) is 4.44. The van der Waals surface area contributed by atoms with Crippen molar-refractivity contribution in [1.29, 1.82) is 0 Å². The van der Waals surface area contributed by atoms with Crippen LogP contribution in [0.2, 0.25) is 0 Å². The first-order valence-electron chi connectivity index (χ1n) is 6.37. The predicted molar refractivity (Wildman–Crippen MR) is 83.7 cm³/mol. The zero-order valence-electron chi connectivity index (χ0n) is 11.9. The molecule has 2 rings (SSSR count). The molecule has 0 aliphatic carbocycles. The number of hydrogen-bond donors (Lipinski definition) is 2. The number of rotatable bonds is 5. The summed E-state index contributed by atoms with van der Waals surface area (Å²) in [5, 5.41) is 0. The van der Waals surface area contributed by atoms with E-state index in [4.69, 9.17) is 5.73 Å². The molecule has 21 heavy (non-hydrogen) atoms. The average Bonchev–Trinajstić information content (AvgIpc) is 2.47. The van der Waals surface area contributed by atoms with Gasteiger partial charge >= 0.3 is 0 Å². The Morgan fingerprint density at radius 3 is 2.57 bits per heavy atom. The molecule has 0 unspecified atom stereocenters. The number of pyridine rings is 1. The molecule has 0 atom stereocenters. The Morgan fingerprint density at radius 1 is 1.24 bits per heavy atom. The highest BCUT2D eigenvalue weighted by molar-refractivity contribution is 7.92. The first-order chi connectivity index (χ1) is 9.92. The average molecular weight is 306 g/mol. The van der Waals surface area contributed by atoms with Crippen molar-refractivity contribution in [2.45, 2.75) is 11.4 Å². The molecular formula is C14H18N4O2S. The van der Waals surface area contributed by atoms with E-state index in [2.05, 4.69) is 9.71 Å². The van der Waals surface area contributed by atoms with Gasteiger partial charge in [-0.3, -0.25) is 9.71 Å². The van der Waals surface area contributed by atoms with Crippen LogP contribution in [0.1, 0.15) is 5.69 Å². The van der Waals surface area contributed by atoms with E-state index in [0.717, 1.165) is 5.69 Å². The quantitative estimate of drug-likeness (QED) is 0.872. The van der Waals surface area contributed by atoms with Gasteiger partial charge in [0.1, 0.15) is 4.90 Å². The zero-order chi connectivity index (χ0) is 15.5. The molecule has 1 aromatic heterocycles. The number of nitrogens with zero attached hydrogens (tertiary/aromatic N) is 2. The van der Waals surface area contributed by atoms with Crippen molar-refractivity contribution in [3.05, 3.63) is 48.3 Å². The lowest BCUT2D eigenvalue weighted by molar-refractivity contribution is 0.600. The molecule has 0 amide bonds. The van der Waals surface area contributed by atoms with Gasteiger partial charge in [0.05, 0.1) is 11.4 Å². The van der Waals surface area contributed by atoms with E-state index in [1.165, 1.54) is 12.3 Å². The van der Waals surface area contributed by atoms with Crippen LogP contribution in [0.4, 0.5) is 11.4 Å². The smallest absolute Gasteiger partial charge is 0.263 e. The predicted octanol–water partition coefficient (Wildman–Crippen LogP) is 1.41. The molecule has 0 saturated carbocycles. The molecule has 0 aliphatic heterocycles. The lowest BCUT2D eigenvalue weighted by Gasteiger charge is -2.14. The van der Waals surface area contributed by atoms with E-state index in [0.29, 0.717) is 11.4 Å². The fraction of sp³-hybridized carbons (Fsp3) is 0.214. The summed E-state index contributed by atoms with van der Waals surface area (Å²) >= 11 is 0. The maximum absolute atomic E-state index is 12.3. The molecule has 0 bridgehead atoms. The molecule has 2 aromatic rings. The summed E-state index contributed by atoms with van der Waals surface area (Å²) in [6.45, 7) is 0.276. The number of sulfonamides is 1. The Bertz CT molecular complexity index is 712. The van der Waals surface area contributed by atoms with Crippen LogP contribution in [-0.2, 0) is 16.6 Å². The SMILES string of the molecule is CN(C)c1cccc(NS(=O)(=O)c2ccc(CN)nc2)c1. The van der Waals surface area contributed by atoms with Gasteiger partial charge in [-0.25, -0.2) is 8.42 Å². The van der Waals surface area contributed by atoms with Gasteiger partial charge in [-0.2, -0.15) is 0 Å². The minimum Gasteiger partial charge on any atom is -0.378 e. The van der Waals surface area contributed by atoms with Crippen molar-refractivity contribution >= 4 is 21.4 Å². The Labute approximate surface area is 124 Å². The second kappa shape index (κ2) is 6.11. The largest absolute Gasteiger partial charge is 0.378 e. The van der Waals surface area contributed by atoms with E-state index in [-0.39, 0.29) is 11.4 Å². The van der Waals surface area contributed by atoms with Crippen molar-refractivity contribution in [2.24, 2.45) is 5.73 Å². The van der Waals surface area contributed by atoms with Crippen LogP contribution in [0, 0.1) is 0 Å². The van der Waals surface area contributed by atoms with Gasteiger partial charge in [-0.15, -0.1) is 0 Å². The summed E-state index contributed by atoms with van der Waals surface area (Å²) in [6.07, 6.45) is 1.31. The van der Waals surface area contributed by atoms with Crippen LogP contribution in [-0.4, -0.2) is 27.5 Å². The topological polar surface area (TPSA) is 88.3 Å². The molecule has 1 aromatic carbocycles. The van der Waals surface area contributed by atoms with Gasteiger partial charge < -0.3 is 10.6 Å².